The number of benzene rings is 1. The Labute approximate surface area is 185 Å². The highest BCUT2D eigenvalue weighted by Crippen LogP contribution is 2.39. The molecule has 0 aliphatic carbocycles. The number of hydrogen-bond donors (Lipinski definition) is 2. The number of aromatic nitrogens is 1. The number of hydrogen-bond acceptors (Lipinski definition) is 6. The first kappa shape index (κ1) is 22.2. The molecule has 0 unspecified atom stereocenters. The number of aliphatic hydroxyl groups excluding tert-OH is 1. The second-order valence-corrected chi connectivity index (χ2v) is 11.8. The fourth-order valence-electron chi connectivity index (χ4n) is 4.54. The predicted octanol–water partition coefficient (Wildman–Crippen LogP) is 3.13. The number of ether oxygens (including phenoxy) is 1. The number of pyridine rings is 1. The van der Waals surface area contributed by atoms with E-state index in [1.54, 1.807) is 20.0 Å². The van der Waals surface area contributed by atoms with Crippen LogP contribution in [0.15, 0.2) is 36.5 Å². The van der Waals surface area contributed by atoms with Crippen LogP contribution >= 0.6 is 0 Å². The molecule has 3 heterocycles. The third-order valence-corrected chi connectivity index (χ3v) is 8.29. The average Bonchev–Trinajstić information content (AvgIpc) is 2.73. The summed E-state index contributed by atoms with van der Waals surface area (Å²) in [5.41, 5.74) is 3.04. The van der Waals surface area contributed by atoms with Gasteiger partial charge in [0.2, 0.25) is 0 Å². The molecule has 6 nitrogen and oxygen atoms in total. The van der Waals surface area contributed by atoms with Gasteiger partial charge in [0, 0.05) is 23.8 Å². The number of nitrogens with one attached hydrogen (secondary N) is 1. The lowest BCUT2D eigenvalue weighted by atomic mass is 9.83. The molecule has 4 rings (SSSR count). The van der Waals surface area contributed by atoms with Crippen molar-refractivity contribution in [3.05, 3.63) is 47.7 Å². The SMILES string of the molecule is CC(C)(CO)CS(=O)(=O)Cc1ccc(-c2ccc3c(c2)CCC2(CCNCC2)O3)nc1. The van der Waals surface area contributed by atoms with Crippen molar-refractivity contribution < 1.29 is 18.3 Å². The van der Waals surface area contributed by atoms with Crippen LogP contribution in [0.4, 0.5) is 0 Å². The first-order valence-corrected chi connectivity index (χ1v) is 12.8. The van der Waals surface area contributed by atoms with E-state index in [4.69, 9.17) is 4.74 Å². The molecule has 2 aliphatic heterocycles. The number of nitrogens with zero attached hydrogens (tertiary/aromatic N) is 1. The number of rotatable bonds is 6. The van der Waals surface area contributed by atoms with Crippen molar-refractivity contribution in [3.8, 4) is 17.0 Å². The summed E-state index contributed by atoms with van der Waals surface area (Å²) in [4.78, 5) is 4.52. The molecule has 0 saturated carbocycles. The summed E-state index contributed by atoms with van der Waals surface area (Å²) >= 11 is 0. The normalized spacial score (nSPS) is 18.4. The van der Waals surface area contributed by atoms with Gasteiger partial charge in [0.1, 0.15) is 11.4 Å². The molecule has 168 valence electrons. The highest BCUT2D eigenvalue weighted by Gasteiger charge is 2.37. The Morgan fingerprint density at radius 2 is 1.94 bits per heavy atom. The number of fused-ring (bicyclic) bond motifs is 1. The molecule has 1 spiro atoms. The van der Waals surface area contributed by atoms with E-state index in [0.29, 0.717) is 5.56 Å². The van der Waals surface area contributed by atoms with Gasteiger partial charge in [0.15, 0.2) is 9.84 Å². The molecule has 0 atom stereocenters. The molecule has 2 aromatic rings. The van der Waals surface area contributed by atoms with E-state index < -0.39 is 15.3 Å². The Morgan fingerprint density at radius 3 is 2.61 bits per heavy atom. The van der Waals surface area contributed by atoms with Crippen LogP contribution in [0.1, 0.15) is 44.2 Å². The maximum Gasteiger partial charge on any atom is 0.155 e. The Kier molecular flexibility index (Phi) is 6.12. The first-order valence-electron chi connectivity index (χ1n) is 11.0. The molecule has 2 N–H and O–H groups in total. The van der Waals surface area contributed by atoms with E-state index in [2.05, 4.69) is 16.4 Å². The maximum absolute atomic E-state index is 12.5. The molecular weight excluding hydrogens is 412 g/mol. The van der Waals surface area contributed by atoms with Crippen LogP contribution in [0.5, 0.6) is 5.75 Å². The minimum atomic E-state index is -3.33. The van der Waals surface area contributed by atoms with Gasteiger partial charge in [-0.3, -0.25) is 4.98 Å². The van der Waals surface area contributed by atoms with Crippen molar-refractivity contribution in [3.63, 3.8) is 0 Å². The number of piperidine rings is 1. The van der Waals surface area contributed by atoms with Crippen LogP contribution in [-0.2, 0) is 22.0 Å². The fraction of sp³-hybridized carbons (Fsp3) is 0.542. The predicted molar refractivity (Wildman–Crippen MR) is 122 cm³/mol. The molecular formula is C24H32N2O4S. The van der Waals surface area contributed by atoms with Crippen LogP contribution in [0, 0.1) is 5.41 Å². The summed E-state index contributed by atoms with van der Waals surface area (Å²) in [6.45, 7) is 5.36. The Morgan fingerprint density at radius 1 is 1.16 bits per heavy atom. The van der Waals surface area contributed by atoms with Crippen molar-refractivity contribution >= 4 is 9.84 Å². The van der Waals surface area contributed by atoms with E-state index in [-0.39, 0.29) is 23.7 Å². The van der Waals surface area contributed by atoms with Gasteiger partial charge in [-0.15, -0.1) is 0 Å². The van der Waals surface area contributed by atoms with Gasteiger partial charge in [0.25, 0.3) is 0 Å². The molecule has 1 saturated heterocycles. The van der Waals surface area contributed by atoms with Gasteiger partial charge in [-0.2, -0.15) is 0 Å². The largest absolute Gasteiger partial charge is 0.487 e. The molecule has 1 aromatic heterocycles. The third kappa shape index (κ3) is 5.27. The zero-order valence-electron chi connectivity index (χ0n) is 18.4. The zero-order valence-corrected chi connectivity index (χ0v) is 19.2. The Bertz CT molecular complexity index is 1030. The molecule has 7 heteroatoms. The van der Waals surface area contributed by atoms with Crippen molar-refractivity contribution in [2.24, 2.45) is 5.41 Å². The van der Waals surface area contributed by atoms with Crippen molar-refractivity contribution in [2.75, 3.05) is 25.4 Å². The number of aryl methyl sites for hydroxylation is 1. The highest BCUT2D eigenvalue weighted by atomic mass is 32.2. The summed E-state index contributed by atoms with van der Waals surface area (Å²) in [6.07, 6.45) is 5.78. The summed E-state index contributed by atoms with van der Waals surface area (Å²) in [7, 11) is -3.33. The Hall–Kier alpha value is -1.96. The second-order valence-electron chi connectivity index (χ2n) is 9.76. The van der Waals surface area contributed by atoms with Crippen LogP contribution in [0.2, 0.25) is 0 Å². The summed E-state index contributed by atoms with van der Waals surface area (Å²) in [6, 6.07) is 9.92. The van der Waals surface area contributed by atoms with Crippen molar-refractivity contribution in [2.45, 2.75) is 50.9 Å². The second kappa shape index (κ2) is 8.52. The lowest BCUT2D eigenvalue weighted by Gasteiger charge is -2.41. The standard InChI is InChI=1S/C24H32N2O4S/c1-23(2,16-27)17-31(28,29)15-18-3-5-21(26-14-18)19-4-6-22-20(13-19)7-8-24(30-22)9-11-25-12-10-24/h3-6,13-14,25,27H,7-12,15-17H2,1-2H3. The lowest BCUT2D eigenvalue weighted by Crippen LogP contribution is -2.48. The zero-order chi connectivity index (χ0) is 22.1. The van der Waals surface area contributed by atoms with Crippen LogP contribution in [0.3, 0.4) is 0 Å². The van der Waals surface area contributed by atoms with E-state index in [0.717, 1.165) is 55.8 Å². The van der Waals surface area contributed by atoms with Crippen molar-refractivity contribution in [1.29, 1.82) is 0 Å². The molecule has 1 fully saturated rings. The van der Waals surface area contributed by atoms with Crippen molar-refractivity contribution in [1.82, 2.24) is 10.3 Å². The third-order valence-electron chi connectivity index (χ3n) is 6.30. The molecule has 2 aliphatic rings. The lowest BCUT2D eigenvalue weighted by molar-refractivity contribution is 0.0170. The summed E-state index contributed by atoms with van der Waals surface area (Å²) in [5, 5.41) is 12.8. The van der Waals surface area contributed by atoms with Gasteiger partial charge in [0.05, 0.1) is 17.2 Å². The van der Waals surface area contributed by atoms with Crippen LogP contribution in [-0.4, -0.2) is 49.6 Å². The monoisotopic (exact) mass is 444 g/mol. The van der Waals surface area contributed by atoms with E-state index >= 15 is 0 Å². The topological polar surface area (TPSA) is 88.5 Å². The fourth-order valence-corrected chi connectivity index (χ4v) is 6.60. The van der Waals surface area contributed by atoms with Gasteiger partial charge in [-0.05, 0) is 74.2 Å². The minimum Gasteiger partial charge on any atom is -0.487 e. The average molecular weight is 445 g/mol. The number of aliphatic hydroxyl groups is 1. The quantitative estimate of drug-likeness (QED) is 0.712. The molecule has 0 radical (unpaired) electrons. The minimum absolute atomic E-state index is 0.0181. The molecule has 0 bridgehead atoms. The van der Waals surface area contributed by atoms with E-state index in [1.807, 2.05) is 24.3 Å². The molecule has 31 heavy (non-hydrogen) atoms. The number of sulfone groups is 1. The smallest absolute Gasteiger partial charge is 0.155 e. The van der Waals surface area contributed by atoms with E-state index in [1.165, 1.54) is 5.56 Å². The maximum atomic E-state index is 12.5. The van der Waals surface area contributed by atoms with Crippen LogP contribution < -0.4 is 10.1 Å². The van der Waals surface area contributed by atoms with Gasteiger partial charge >= 0.3 is 0 Å². The Balaban J connectivity index is 1.46. The van der Waals surface area contributed by atoms with Gasteiger partial charge < -0.3 is 15.2 Å². The van der Waals surface area contributed by atoms with Gasteiger partial charge in [-0.1, -0.05) is 19.9 Å². The highest BCUT2D eigenvalue weighted by molar-refractivity contribution is 7.90. The first-order chi connectivity index (χ1) is 14.7. The van der Waals surface area contributed by atoms with Gasteiger partial charge in [-0.25, -0.2) is 8.42 Å². The summed E-state index contributed by atoms with van der Waals surface area (Å²) in [5.74, 6) is 0.852. The molecule has 0 amide bonds. The summed E-state index contributed by atoms with van der Waals surface area (Å²) < 4.78 is 31.4. The molecule has 1 aromatic carbocycles. The van der Waals surface area contributed by atoms with Crippen LogP contribution in [0.25, 0.3) is 11.3 Å². The van der Waals surface area contributed by atoms with E-state index in [9.17, 15) is 13.5 Å².